The van der Waals surface area contributed by atoms with Crippen LogP contribution in [0.15, 0.2) is 17.1 Å². The number of rotatable bonds is 4. The fraction of sp³-hybridized carbons (Fsp3) is 0.600. The van der Waals surface area contributed by atoms with Crippen LogP contribution in [0, 0.1) is 9.49 Å². The lowest BCUT2D eigenvalue weighted by molar-refractivity contribution is 0.407. The highest BCUT2D eigenvalue weighted by Crippen LogP contribution is 2.06. The van der Waals surface area contributed by atoms with Crippen molar-refractivity contribution in [2.24, 2.45) is 5.92 Å². The minimum absolute atomic E-state index is 0.000136. The molecule has 0 N–H and O–H groups in total. The predicted octanol–water partition coefficient (Wildman–Crippen LogP) is 2.28. The van der Waals surface area contributed by atoms with Crippen molar-refractivity contribution in [3.05, 3.63) is 26.2 Å². The molecule has 0 saturated heterocycles. The van der Waals surface area contributed by atoms with Crippen molar-refractivity contribution in [3.63, 3.8) is 0 Å². The minimum atomic E-state index is -0.000136. The Morgan fingerprint density at radius 2 is 2.36 bits per heavy atom. The maximum absolute atomic E-state index is 11.5. The largest absolute Gasteiger partial charge is 0.268 e. The molecule has 0 aliphatic heterocycles. The Labute approximate surface area is 97.7 Å². The number of hydrogen-bond acceptors (Lipinski definition) is 2. The van der Waals surface area contributed by atoms with E-state index in [0.717, 1.165) is 23.0 Å². The molecule has 0 saturated carbocycles. The van der Waals surface area contributed by atoms with E-state index in [4.69, 9.17) is 0 Å². The van der Waals surface area contributed by atoms with E-state index in [-0.39, 0.29) is 5.56 Å². The van der Waals surface area contributed by atoms with Crippen molar-refractivity contribution in [1.82, 2.24) is 9.78 Å². The molecule has 0 bridgehead atoms. The molecular formula is C10H15IN2O. The van der Waals surface area contributed by atoms with Gasteiger partial charge in [-0.25, -0.2) is 4.68 Å². The summed E-state index contributed by atoms with van der Waals surface area (Å²) in [5, 5.41) is 4.10. The Morgan fingerprint density at radius 3 is 2.93 bits per heavy atom. The molecule has 1 aromatic rings. The standard InChI is InChI=1S/C10H15IN2O/c1-3-4-8(2)7-13-10(14)5-9(11)6-12-13/h5-6,8H,3-4,7H2,1-2H3. The molecule has 0 aliphatic carbocycles. The highest BCUT2D eigenvalue weighted by molar-refractivity contribution is 14.1. The van der Waals surface area contributed by atoms with Crippen LogP contribution in [0.3, 0.4) is 0 Å². The summed E-state index contributed by atoms with van der Waals surface area (Å²) in [4.78, 5) is 11.5. The van der Waals surface area contributed by atoms with Crippen LogP contribution in [0.25, 0.3) is 0 Å². The van der Waals surface area contributed by atoms with E-state index in [0.29, 0.717) is 5.92 Å². The maximum atomic E-state index is 11.5. The van der Waals surface area contributed by atoms with E-state index in [9.17, 15) is 4.79 Å². The second-order valence-electron chi connectivity index (χ2n) is 3.59. The summed E-state index contributed by atoms with van der Waals surface area (Å²) in [6, 6.07) is 1.62. The normalized spacial score (nSPS) is 12.8. The molecule has 0 aliphatic rings. The van der Waals surface area contributed by atoms with Gasteiger partial charge in [0.2, 0.25) is 0 Å². The molecule has 14 heavy (non-hydrogen) atoms. The molecule has 0 aromatic carbocycles. The van der Waals surface area contributed by atoms with Gasteiger partial charge >= 0.3 is 0 Å². The lowest BCUT2D eigenvalue weighted by Crippen LogP contribution is -2.25. The zero-order valence-electron chi connectivity index (χ0n) is 8.53. The van der Waals surface area contributed by atoms with E-state index in [1.54, 1.807) is 16.9 Å². The Bertz CT molecular complexity index is 348. The third-order valence-corrected chi connectivity index (χ3v) is 2.69. The quantitative estimate of drug-likeness (QED) is 0.800. The van der Waals surface area contributed by atoms with Gasteiger partial charge in [0.05, 0.1) is 6.20 Å². The first-order valence-electron chi connectivity index (χ1n) is 4.86. The summed E-state index contributed by atoms with van der Waals surface area (Å²) < 4.78 is 2.44. The zero-order valence-corrected chi connectivity index (χ0v) is 10.7. The van der Waals surface area contributed by atoms with Gasteiger partial charge < -0.3 is 0 Å². The number of aromatic nitrogens is 2. The Hall–Kier alpha value is -0.390. The van der Waals surface area contributed by atoms with Gasteiger partial charge in [-0.1, -0.05) is 20.3 Å². The van der Waals surface area contributed by atoms with Crippen molar-refractivity contribution in [2.75, 3.05) is 0 Å². The number of nitrogens with zero attached hydrogens (tertiary/aromatic N) is 2. The van der Waals surface area contributed by atoms with Gasteiger partial charge in [0.15, 0.2) is 0 Å². The highest BCUT2D eigenvalue weighted by Gasteiger charge is 2.04. The first-order chi connectivity index (χ1) is 6.63. The monoisotopic (exact) mass is 306 g/mol. The van der Waals surface area contributed by atoms with Gasteiger partial charge in [0.25, 0.3) is 5.56 Å². The average Bonchev–Trinajstić information content (AvgIpc) is 2.10. The number of hydrogen-bond donors (Lipinski definition) is 0. The van der Waals surface area contributed by atoms with Crippen LogP contribution in [-0.4, -0.2) is 9.78 Å². The summed E-state index contributed by atoms with van der Waals surface area (Å²) in [5.41, 5.74) is -0.000136. The van der Waals surface area contributed by atoms with Crippen LogP contribution < -0.4 is 5.56 Å². The molecule has 0 spiro atoms. The van der Waals surface area contributed by atoms with Gasteiger partial charge in [-0.3, -0.25) is 4.79 Å². The average molecular weight is 306 g/mol. The van der Waals surface area contributed by atoms with Crippen LogP contribution in [0.2, 0.25) is 0 Å². The SMILES string of the molecule is CCCC(C)Cn1ncc(I)cc1=O. The Balaban J connectivity index is 2.72. The van der Waals surface area contributed by atoms with Gasteiger partial charge in [-0.15, -0.1) is 0 Å². The van der Waals surface area contributed by atoms with Crippen molar-refractivity contribution in [2.45, 2.75) is 33.2 Å². The van der Waals surface area contributed by atoms with E-state index in [2.05, 4.69) is 41.5 Å². The van der Waals surface area contributed by atoms with E-state index in [1.807, 2.05) is 0 Å². The molecular weight excluding hydrogens is 291 g/mol. The molecule has 0 fully saturated rings. The van der Waals surface area contributed by atoms with Crippen molar-refractivity contribution in [3.8, 4) is 0 Å². The second-order valence-corrected chi connectivity index (χ2v) is 4.83. The molecule has 1 unspecified atom stereocenters. The van der Waals surface area contributed by atoms with Gasteiger partial charge in [-0.2, -0.15) is 5.10 Å². The lowest BCUT2D eigenvalue weighted by Gasteiger charge is -2.10. The molecule has 1 rings (SSSR count). The molecule has 1 atom stereocenters. The molecule has 4 heteroatoms. The summed E-state index contributed by atoms with van der Waals surface area (Å²) in [6.45, 7) is 5.03. The van der Waals surface area contributed by atoms with Crippen LogP contribution in [0.1, 0.15) is 26.7 Å². The number of halogens is 1. The van der Waals surface area contributed by atoms with Crippen molar-refractivity contribution < 1.29 is 0 Å². The summed E-state index contributed by atoms with van der Waals surface area (Å²) in [6.07, 6.45) is 4.01. The topological polar surface area (TPSA) is 34.9 Å². The molecule has 1 heterocycles. The first kappa shape index (κ1) is 11.7. The van der Waals surface area contributed by atoms with Crippen LogP contribution in [-0.2, 0) is 6.54 Å². The maximum Gasteiger partial charge on any atom is 0.267 e. The predicted molar refractivity (Wildman–Crippen MR) is 65.3 cm³/mol. The fourth-order valence-electron chi connectivity index (χ4n) is 1.43. The van der Waals surface area contributed by atoms with Gasteiger partial charge in [0.1, 0.15) is 0 Å². The van der Waals surface area contributed by atoms with Crippen molar-refractivity contribution >= 4 is 22.6 Å². The minimum Gasteiger partial charge on any atom is -0.268 e. The molecule has 78 valence electrons. The molecule has 3 nitrogen and oxygen atoms in total. The summed E-state index contributed by atoms with van der Waals surface area (Å²) in [5.74, 6) is 0.519. The lowest BCUT2D eigenvalue weighted by atomic mass is 10.1. The Morgan fingerprint density at radius 1 is 1.64 bits per heavy atom. The summed E-state index contributed by atoms with van der Waals surface area (Å²) in [7, 11) is 0. The molecule has 0 radical (unpaired) electrons. The third kappa shape index (κ3) is 3.40. The van der Waals surface area contributed by atoms with E-state index < -0.39 is 0 Å². The molecule has 0 amide bonds. The van der Waals surface area contributed by atoms with Crippen molar-refractivity contribution in [1.29, 1.82) is 0 Å². The van der Waals surface area contributed by atoms with Crippen LogP contribution in [0.5, 0.6) is 0 Å². The van der Waals surface area contributed by atoms with Gasteiger partial charge in [-0.05, 0) is 34.9 Å². The Kier molecular flexibility index (Phi) is 4.57. The van der Waals surface area contributed by atoms with E-state index in [1.165, 1.54) is 0 Å². The summed E-state index contributed by atoms with van der Waals surface area (Å²) >= 11 is 2.10. The highest BCUT2D eigenvalue weighted by atomic mass is 127. The fourth-order valence-corrected chi connectivity index (χ4v) is 1.82. The first-order valence-corrected chi connectivity index (χ1v) is 5.94. The van der Waals surface area contributed by atoms with Gasteiger partial charge in [0, 0.05) is 16.2 Å². The second kappa shape index (κ2) is 5.48. The third-order valence-electron chi connectivity index (χ3n) is 2.10. The van der Waals surface area contributed by atoms with E-state index >= 15 is 0 Å². The smallest absolute Gasteiger partial charge is 0.267 e. The zero-order chi connectivity index (χ0) is 10.6. The van der Waals surface area contributed by atoms with Crippen LogP contribution >= 0.6 is 22.6 Å². The molecule has 1 aromatic heterocycles. The van der Waals surface area contributed by atoms with Crippen LogP contribution in [0.4, 0.5) is 0 Å².